The molecule has 4 aromatic carbocycles. The van der Waals surface area contributed by atoms with Crippen LogP contribution in [0.3, 0.4) is 0 Å². The molecular formula is C34H24F3N3O5S2. The van der Waals surface area contributed by atoms with E-state index in [-0.39, 0.29) is 6.54 Å². The van der Waals surface area contributed by atoms with E-state index in [0.717, 1.165) is 46.0 Å². The number of imide groups is 1. The highest BCUT2D eigenvalue weighted by atomic mass is 32.2. The van der Waals surface area contributed by atoms with Gasteiger partial charge in [0.25, 0.3) is 0 Å². The van der Waals surface area contributed by atoms with Crippen molar-refractivity contribution in [2.45, 2.75) is 28.9 Å². The Hall–Kier alpha value is -4.88. The van der Waals surface area contributed by atoms with Crippen LogP contribution in [-0.2, 0) is 27.1 Å². The van der Waals surface area contributed by atoms with E-state index in [0.29, 0.717) is 31.8 Å². The smallest absolute Gasteiger partial charge is 0.418 e. The number of hydrogen-bond acceptors (Lipinski definition) is 7. The minimum atomic E-state index is -4.81. The van der Waals surface area contributed by atoms with Crippen LogP contribution in [0.15, 0.2) is 101 Å². The van der Waals surface area contributed by atoms with E-state index in [9.17, 15) is 32.3 Å². The van der Waals surface area contributed by atoms with Crippen LogP contribution in [0.5, 0.6) is 5.75 Å². The van der Waals surface area contributed by atoms with Crippen molar-refractivity contribution in [3.63, 3.8) is 0 Å². The van der Waals surface area contributed by atoms with Crippen molar-refractivity contribution in [3.05, 3.63) is 117 Å². The van der Waals surface area contributed by atoms with E-state index in [4.69, 9.17) is 4.74 Å². The maximum Gasteiger partial charge on any atom is 0.418 e. The van der Waals surface area contributed by atoms with Crippen LogP contribution in [0, 0.1) is 5.92 Å². The lowest BCUT2D eigenvalue weighted by Crippen LogP contribution is -2.33. The van der Waals surface area contributed by atoms with E-state index in [2.05, 4.69) is 5.32 Å². The number of carbonyl (C=O) groups excluding carboxylic acids is 3. The van der Waals surface area contributed by atoms with Gasteiger partial charge < -0.3 is 10.1 Å². The molecule has 0 radical (unpaired) electrons. The molecule has 1 N–H and O–H groups in total. The number of anilines is 2. The molecule has 1 aromatic heterocycles. The summed E-state index contributed by atoms with van der Waals surface area (Å²) in [4.78, 5) is 55.3. The number of hydrogen-bond donors (Lipinski definition) is 1. The van der Waals surface area contributed by atoms with E-state index in [1.54, 1.807) is 30.3 Å². The van der Waals surface area contributed by atoms with Crippen LogP contribution in [0.25, 0.3) is 10.8 Å². The molecule has 0 spiro atoms. The van der Waals surface area contributed by atoms with Gasteiger partial charge in [-0.05, 0) is 52.7 Å². The van der Waals surface area contributed by atoms with E-state index in [1.807, 2.05) is 36.4 Å². The third-order valence-corrected chi connectivity index (χ3v) is 10.9. The molecule has 3 amide bonds. The summed E-state index contributed by atoms with van der Waals surface area (Å²) in [5.41, 5.74) is -0.550. The normalized spacial score (nSPS) is 19.1. The first-order valence-electron chi connectivity index (χ1n) is 14.4. The Morgan fingerprint density at radius 2 is 1.60 bits per heavy atom. The number of fused-ring (bicyclic) bond motifs is 3. The first-order valence-corrected chi connectivity index (χ1v) is 16.1. The maximum absolute atomic E-state index is 14.1. The Bertz CT molecular complexity index is 2130. The number of nitrogens with zero attached hydrogens (tertiary/aromatic N) is 2. The van der Waals surface area contributed by atoms with Crippen LogP contribution < -0.4 is 19.8 Å². The zero-order valence-corrected chi connectivity index (χ0v) is 26.1. The molecule has 47 heavy (non-hydrogen) atoms. The van der Waals surface area contributed by atoms with Crippen molar-refractivity contribution in [1.29, 1.82) is 0 Å². The molecule has 2 aliphatic heterocycles. The van der Waals surface area contributed by atoms with Gasteiger partial charge in [-0.2, -0.15) is 13.2 Å². The minimum Gasteiger partial charge on any atom is -0.497 e. The number of methoxy groups -OCH3 is 1. The van der Waals surface area contributed by atoms with E-state index < -0.39 is 57.1 Å². The molecule has 13 heteroatoms. The number of ether oxygens (including phenoxy) is 1. The maximum atomic E-state index is 14.1. The van der Waals surface area contributed by atoms with Gasteiger partial charge in [-0.3, -0.25) is 23.7 Å². The predicted octanol–water partition coefficient (Wildman–Crippen LogP) is 6.52. The van der Waals surface area contributed by atoms with Gasteiger partial charge in [0.2, 0.25) is 17.7 Å². The van der Waals surface area contributed by atoms with Gasteiger partial charge >= 0.3 is 11.0 Å². The van der Waals surface area contributed by atoms with Crippen molar-refractivity contribution in [3.8, 4) is 5.75 Å². The molecule has 0 aliphatic carbocycles. The molecule has 0 bridgehead atoms. The first-order chi connectivity index (χ1) is 22.5. The zero-order chi connectivity index (χ0) is 33.0. The van der Waals surface area contributed by atoms with Crippen molar-refractivity contribution in [1.82, 2.24) is 4.57 Å². The Morgan fingerprint density at radius 1 is 0.894 bits per heavy atom. The first kappa shape index (κ1) is 30.8. The Labute approximate surface area is 273 Å². The van der Waals surface area contributed by atoms with Crippen LogP contribution >= 0.6 is 23.1 Å². The number of carbonyl (C=O) groups is 3. The molecule has 2 aliphatic rings. The topological polar surface area (TPSA) is 97.7 Å². The van der Waals surface area contributed by atoms with E-state index in [1.165, 1.54) is 23.8 Å². The fourth-order valence-corrected chi connectivity index (χ4v) is 8.96. The average Bonchev–Trinajstić information content (AvgIpc) is 3.50. The summed E-state index contributed by atoms with van der Waals surface area (Å²) >= 11 is 1.78. The Balaban J connectivity index is 1.28. The minimum absolute atomic E-state index is 0.322. The van der Waals surface area contributed by atoms with Crippen molar-refractivity contribution in [2.24, 2.45) is 5.92 Å². The van der Waals surface area contributed by atoms with Crippen LogP contribution in [0.1, 0.15) is 21.9 Å². The Kier molecular flexibility index (Phi) is 7.68. The van der Waals surface area contributed by atoms with Crippen LogP contribution in [0.4, 0.5) is 24.5 Å². The molecule has 3 atom stereocenters. The molecule has 238 valence electrons. The van der Waals surface area contributed by atoms with Gasteiger partial charge in [-0.25, -0.2) is 4.90 Å². The molecular weight excluding hydrogens is 652 g/mol. The SMILES string of the molecule is COc1ccc([C@H]2c3sc(=O)n(CC(=O)Nc4ccc5ccccc5c4)c3SC3C(=O)N(c4ccccc4C(F)(F)F)C(=O)C32)cc1. The molecule has 5 aromatic rings. The summed E-state index contributed by atoms with van der Waals surface area (Å²) in [7, 11) is 1.49. The van der Waals surface area contributed by atoms with Crippen LogP contribution in [0.2, 0.25) is 0 Å². The van der Waals surface area contributed by atoms with Gasteiger partial charge in [-0.1, -0.05) is 77.7 Å². The lowest BCUT2D eigenvalue weighted by atomic mass is 9.83. The monoisotopic (exact) mass is 675 g/mol. The predicted molar refractivity (Wildman–Crippen MR) is 173 cm³/mol. The number of nitrogens with one attached hydrogen (secondary N) is 1. The standard InChI is InChI=1S/C34H24F3N3O5S2/c1-45-22-14-11-19(12-15-22)26-27-28(31(43)40(30(27)42)24-9-5-4-8-23(24)34(35,36)37)46-32-29(26)47-33(44)39(32)17-25(41)38-21-13-10-18-6-2-3-7-20(18)16-21/h2-16,26-28H,17H2,1H3,(H,38,41)/t26-,27?,28?/m1/s1. The molecule has 7 rings (SSSR count). The number of para-hydroxylation sites is 1. The number of alkyl halides is 3. The number of thioether (sulfide) groups is 1. The number of thiazole rings is 1. The van der Waals surface area contributed by atoms with Gasteiger partial charge in [0.15, 0.2) is 0 Å². The summed E-state index contributed by atoms with van der Waals surface area (Å²) in [6.07, 6.45) is -4.81. The highest BCUT2D eigenvalue weighted by Gasteiger charge is 2.57. The molecule has 1 fully saturated rings. The van der Waals surface area contributed by atoms with Crippen molar-refractivity contribution in [2.75, 3.05) is 17.3 Å². The summed E-state index contributed by atoms with van der Waals surface area (Å²) in [5.74, 6) is -3.52. The number of halogens is 3. The van der Waals surface area contributed by atoms with Gasteiger partial charge in [0.05, 0.1) is 29.3 Å². The molecule has 0 saturated carbocycles. The second kappa shape index (κ2) is 11.7. The second-order valence-electron chi connectivity index (χ2n) is 11.1. The molecule has 1 saturated heterocycles. The number of rotatable bonds is 6. The summed E-state index contributed by atoms with van der Waals surface area (Å²) < 4.78 is 48.6. The largest absolute Gasteiger partial charge is 0.497 e. The van der Waals surface area contributed by atoms with E-state index >= 15 is 0 Å². The quantitative estimate of drug-likeness (QED) is 0.206. The fourth-order valence-electron chi connectivity index (χ4n) is 6.18. The Morgan fingerprint density at radius 3 is 2.32 bits per heavy atom. The highest BCUT2D eigenvalue weighted by Crippen LogP contribution is 2.54. The summed E-state index contributed by atoms with van der Waals surface area (Å²) in [5, 5.41) is 3.91. The third kappa shape index (κ3) is 5.38. The summed E-state index contributed by atoms with van der Waals surface area (Å²) in [6.45, 7) is -0.375. The van der Waals surface area contributed by atoms with Gasteiger partial charge in [-0.15, -0.1) is 0 Å². The highest BCUT2D eigenvalue weighted by molar-refractivity contribution is 8.00. The molecule has 3 heterocycles. The average molecular weight is 676 g/mol. The van der Waals surface area contributed by atoms with Crippen molar-refractivity contribution < 1.29 is 32.3 Å². The third-order valence-electron chi connectivity index (χ3n) is 8.31. The lowest BCUT2D eigenvalue weighted by Gasteiger charge is -2.30. The lowest BCUT2D eigenvalue weighted by molar-refractivity contribution is -0.137. The molecule has 8 nitrogen and oxygen atoms in total. The number of benzene rings is 4. The van der Waals surface area contributed by atoms with Gasteiger partial charge in [0.1, 0.15) is 17.5 Å². The van der Waals surface area contributed by atoms with Gasteiger partial charge in [0, 0.05) is 16.5 Å². The fraction of sp³-hybridized carbons (Fsp3) is 0.176. The molecule has 2 unspecified atom stereocenters. The van der Waals surface area contributed by atoms with Crippen molar-refractivity contribution >= 4 is 63.0 Å². The van der Waals surface area contributed by atoms with Crippen LogP contribution in [-0.4, -0.2) is 34.6 Å². The zero-order valence-electron chi connectivity index (χ0n) is 24.5. The second-order valence-corrected chi connectivity index (χ2v) is 13.2. The number of aromatic nitrogens is 1. The number of amides is 3. The summed E-state index contributed by atoms with van der Waals surface area (Å²) in [6, 6.07) is 24.3.